The van der Waals surface area contributed by atoms with Gasteiger partial charge < -0.3 is 9.47 Å². The molecule has 0 unspecified atom stereocenters. The third kappa shape index (κ3) is 3.70. The van der Waals surface area contributed by atoms with Crippen molar-refractivity contribution < 1.29 is 22.7 Å². The van der Waals surface area contributed by atoms with E-state index in [-0.39, 0.29) is 23.6 Å². The Morgan fingerprint density at radius 3 is 2.59 bits per heavy atom. The van der Waals surface area contributed by atoms with Crippen LogP contribution in [0.1, 0.15) is 24.0 Å². The van der Waals surface area contributed by atoms with Crippen molar-refractivity contribution in [2.45, 2.75) is 37.3 Å². The number of benzene rings is 2. The van der Waals surface area contributed by atoms with Crippen LogP contribution in [-0.2, 0) is 21.4 Å². The Morgan fingerprint density at radius 1 is 1.10 bits per heavy atom. The summed E-state index contributed by atoms with van der Waals surface area (Å²) in [6, 6.07) is 12.3. The summed E-state index contributed by atoms with van der Waals surface area (Å²) in [7, 11) is -2.10. The maximum Gasteiger partial charge on any atom is 0.414 e. The number of rotatable bonds is 4. The molecule has 0 aliphatic carbocycles. The van der Waals surface area contributed by atoms with Crippen molar-refractivity contribution in [1.82, 2.24) is 4.31 Å². The number of carbonyl (C=O) groups is 1. The predicted molar refractivity (Wildman–Crippen MR) is 109 cm³/mol. The van der Waals surface area contributed by atoms with Crippen LogP contribution in [0.2, 0.25) is 0 Å². The van der Waals surface area contributed by atoms with Gasteiger partial charge in [0, 0.05) is 30.8 Å². The van der Waals surface area contributed by atoms with Gasteiger partial charge in [0.15, 0.2) is 0 Å². The Bertz CT molecular complexity index is 1030. The first kappa shape index (κ1) is 19.7. The number of carbonyl (C=O) groups excluding carboxylic acids is 1. The predicted octanol–water partition coefficient (Wildman–Crippen LogP) is 3.31. The molecule has 2 aliphatic rings. The van der Waals surface area contributed by atoms with Crippen LogP contribution in [0.25, 0.3) is 0 Å². The topological polar surface area (TPSA) is 76.2 Å². The zero-order valence-corrected chi connectivity index (χ0v) is 17.3. The van der Waals surface area contributed by atoms with E-state index in [0.717, 1.165) is 16.8 Å². The number of anilines is 1. The number of hydrogen-bond acceptors (Lipinski definition) is 5. The van der Waals surface area contributed by atoms with Crippen LogP contribution >= 0.6 is 0 Å². The first-order chi connectivity index (χ1) is 13.9. The zero-order chi connectivity index (χ0) is 20.6. The Balaban J connectivity index is 1.52. The number of aryl methyl sites for hydroxylation is 1. The summed E-state index contributed by atoms with van der Waals surface area (Å²) < 4.78 is 38.0. The first-order valence-electron chi connectivity index (χ1n) is 9.60. The minimum Gasteiger partial charge on any atom is -0.497 e. The van der Waals surface area contributed by atoms with Gasteiger partial charge in [-0.1, -0.05) is 23.8 Å². The number of hydrogen-bond donors (Lipinski definition) is 0. The van der Waals surface area contributed by atoms with Crippen molar-refractivity contribution in [2.75, 3.05) is 25.1 Å². The van der Waals surface area contributed by atoms with Gasteiger partial charge in [0.1, 0.15) is 12.4 Å². The number of sulfonamides is 1. The van der Waals surface area contributed by atoms with Crippen molar-refractivity contribution in [1.29, 1.82) is 0 Å². The van der Waals surface area contributed by atoms with E-state index in [2.05, 4.69) is 0 Å². The largest absolute Gasteiger partial charge is 0.497 e. The smallest absolute Gasteiger partial charge is 0.414 e. The van der Waals surface area contributed by atoms with Crippen LogP contribution in [-0.4, -0.2) is 45.1 Å². The van der Waals surface area contributed by atoms with E-state index in [1.165, 1.54) is 17.5 Å². The number of nitrogens with zero attached hydrogens (tertiary/aromatic N) is 2. The second-order valence-corrected chi connectivity index (χ2v) is 9.31. The molecule has 0 bridgehead atoms. The third-order valence-corrected chi connectivity index (χ3v) is 7.40. The zero-order valence-electron chi connectivity index (χ0n) is 16.5. The molecule has 0 atom stereocenters. The number of amides is 1. The molecule has 1 amide bonds. The van der Waals surface area contributed by atoms with Gasteiger partial charge in [-0.3, -0.25) is 4.90 Å². The lowest BCUT2D eigenvalue weighted by Crippen LogP contribution is -2.50. The van der Waals surface area contributed by atoms with E-state index in [1.807, 2.05) is 25.1 Å². The minimum atomic E-state index is -3.61. The normalized spacial score (nSPS) is 18.3. The number of piperidine rings is 1. The molecule has 0 radical (unpaired) electrons. The minimum absolute atomic E-state index is 0.0963. The van der Waals surface area contributed by atoms with E-state index >= 15 is 0 Å². The molecule has 1 fully saturated rings. The van der Waals surface area contributed by atoms with E-state index < -0.39 is 10.0 Å². The number of fused-ring (bicyclic) bond motifs is 1. The van der Waals surface area contributed by atoms with Crippen LogP contribution in [0.4, 0.5) is 10.5 Å². The highest BCUT2D eigenvalue weighted by atomic mass is 32.2. The molecule has 1 saturated heterocycles. The molecule has 0 spiro atoms. The molecule has 7 nitrogen and oxygen atoms in total. The van der Waals surface area contributed by atoms with E-state index in [1.54, 1.807) is 23.1 Å². The Morgan fingerprint density at radius 2 is 1.86 bits per heavy atom. The van der Waals surface area contributed by atoms with Gasteiger partial charge >= 0.3 is 6.09 Å². The van der Waals surface area contributed by atoms with Crippen LogP contribution in [0, 0.1) is 6.92 Å². The van der Waals surface area contributed by atoms with Crippen LogP contribution in [0.15, 0.2) is 47.4 Å². The molecule has 29 heavy (non-hydrogen) atoms. The van der Waals surface area contributed by atoms with Gasteiger partial charge in [0.05, 0.1) is 17.7 Å². The summed E-state index contributed by atoms with van der Waals surface area (Å²) >= 11 is 0. The Labute approximate surface area is 170 Å². The molecule has 2 heterocycles. The number of methoxy groups -OCH3 is 1. The average molecular weight is 416 g/mol. The van der Waals surface area contributed by atoms with Crippen molar-refractivity contribution in [2.24, 2.45) is 0 Å². The fourth-order valence-corrected chi connectivity index (χ4v) is 5.47. The standard InChI is InChI=1S/C21H24N2O5S/c1-15-6-7-20-16(12-15)14-28-21(24)23(20)17-8-10-22(11-9-17)29(25,26)19-5-3-4-18(13-19)27-2/h3-7,12-13,17H,8-11,14H2,1-2H3. The summed E-state index contributed by atoms with van der Waals surface area (Å²) in [6.45, 7) is 2.96. The molecule has 0 N–H and O–H groups in total. The Kier molecular flexibility index (Phi) is 5.23. The van der Waals surface area contributed by atoms with Gasteiger partial charge in [-0.2, -0.15) is 4.31 Å². The lowest BCUT2D eigenvalue weighted by molar-refractivity contribution is 0.135. The van der Waals surface area contributed by atoms with Gasteiger partial charge in [-0.05, 0) is 38.0 Å². The van der Waals surface area contributed by atoms with Crippen molar-refractivity contribution in [3.8, 4) is 5.75 Å². The molecule has 0 aromatic heterocycles. The lowest BCUT2D eigenvalue weighted by Gasteiger charge is -2.39. The van der Waals surface area contributed by atoms with Crippen LogP contribution in [0.3, 0.4) is 0 Å². The molecule has 4 rings (SSSR count). The maximum atomic E-state index is 13.0. The summed E-state index contributed by atoms with van der Waals surface area (Å²) in [5, 5.41) is 0. The van der Waals surface area contributed by atoms with Gasteiger partial charge in [0.25, 0.3) is 0 Å². The maximum absolute atomic E-state index is 13.0. The first-order valence-corrected chi connectivity index (χ1v) is 11.0. The molecule has 154 valence electrons. The fourth-order valence-electron chi connectivity index (χ4n) is 3.97. The fraction of sp³-hybridized carbons (Fsp3) is 0.381. The molecule has 0 saturated carbocycles. The highest BCUT2D eigenvalue weighted by molar-refractivity contribution is 7.89. The monoisotopic (exact) mass is 416 g/mol. The number of ether oxygens (including phenoxy) is 2. The van der Waals surface area contributed by atoms with Crippen LogP contribution in [0.5, 0.6) is 5.75 Å². The highest BCUT2D eigenvalue weighted by Gasteiger charge is 2.37. The molecule has 2 aromatic carbocycles. The highest BCUT2D eigenvalue weighted by Crippen LogP contribution is 2.33. The SMILES string of the molecule is COc1cccc(S(=O)(=O)N2CCC(N3C(=O)OCc4cc(C)ccc43)CC2)c1. The summed E-state index contributed by atoms with van der Waals surface area (Å²) in [5.74, 6) is 0.504. The summed E-state index contributed by atoms with van der Waals surface area (Å²) in [5.41, 5.74) is 2.96. The second kappa shape index (κ2) is 7.68. The second-order valence-electron chi connectivity index (χ2n) is 7.37. The van der Waals surface area contributed by atoms with E-state index in [0.29, 0.717) is 31.7 Å². The average Bonchev–Trinajstić information content (AvgIpc) is 2.74. The van der Waals surface area contributed by atoms with E-state index in [9.17, 15) is 13.2 Å². The van der Waals surface area contributed by atoms with Crippen molar-refractivity contribution in [3.05, 3.63) is 53.6 Å². The third-order valence-electron chi connectivity index (χ3n) is 5.51. The van der Waals surface area contributed by atoms with Gasteiger partial charge in [-0.25, -0.2) is 13.2 Å². The lowest BCUT2D eigenvalue weighted by atomic mass is 10.0. The molecular formula is C21H24N2O5S. The number of cyclic esters (lactones) is 1. The van der Waals surface area contributed by atoms with Gasteiger partial charge in [-0.15, -0.1) is 0 Å². The summed E-state index contributed by atoms with van der Waals surface area (Å²) in [6.07, 6.45) is 0.729. The quantitative estimate of drug-likeness (QED) is 0.764. The van der Waals surface area contributed by atoms with Crippen molar-refractivity contribution in [3.63, 3.8) is 0 Å². The summed E-state index contributed by atoms with van der Waals surface area (Å²) in [4.78, 5) is 14.4. The molecular weight excluding hydrogens is 392 g/mol. The Hall–Kier alpha value is -2.58. The molecule has 2 aromatic rings. The molecule has 8 heteroatoms. The van der Waals surface area contributed by atoms with Gasteiger partial charge in [0.2, 0.25) is 10.0 Å². The van der Waals surface area contributed by atoms with Crippen LogP contribution < -0.4 is 9.64 Å². The molecule has 2 aliphatic heterocycles. The van der Waals surface area contributed by atoms with Crippen molar-refractivity contribution >= 4 is 21.8 Å². The van der Waals surface area contributed by atoms with E-state index in [4.69, 9.17) is 9.47 Å².